The van der Waals surface area contributed by atoms with Gasteiger partial charge in [-0.25, -0.2) is 10.1 Å². The lowest BCUT2D eigenvalue weighted by Gasteiger charge is -2.04. The number of aromatic amines is 1. The van der Waals surface area contributed by atoms with Crippen LogP contribution in [0.1, 0.15) is 23.6 Å². The zero-order valence-corrected chi connectivity index (χ0v) is 15.5. The maximum atomic E-state index is 12.0. The maximum Gasteiger partial charge on any atom is 0.264 e. The van der Waals surface area contributed by atoms with Gasteiger partial charge in [-0.1, -0.05) is 0 Å². The minimum absolute atomic E-state index is 0.0124. The Morgan fingerprint density at radius 2 is 2.14 bits per heavy atom. The number of hydrogen-bond acceptors (Lipinski definition) is 7. The number of ether oxygens (including phenoxy) is 1. The molecule has 0 aliphatic rings. The molecule has 3 rings (SSSR count). The number of aromatic hydroxyl groups is 1. The number of oxazole rings is 1. The first-order valence-corrected chi connectivity index (χ1v) is 8.61. The van der Waals surface area contributed by atoms with E-state index in [0.29, 0.717) is 40.8 Å². The number of nitrogens with zero attached hydrogens (tertiary/aromatic N) is 2. The molecule has 9 nitrogen and oxygen atoms in total. The highest BCUT2D eigenvalue weighted by atomic mass is 16.5. The minimum Gasteiger partial charge on any atom is -0.504 e. The molecule has 28 heavy (non-hydrogen) atoms. The predicted molar refractivity (Wildman–Crippen MR) is 99.9 cm³/mol. The monoisotopic (exact) mass is 384 g/mol. The van der Waals surface area contributed by atoms with Crippen molar-refractivity contribution in [1.82, 2.24) is 20.5 Å². The van der Waals surface area contributed by atoms with Crippen molar-refractivity contribution in [3.63, 3.8) is 0 Å². The van der Waals surface area contributed by atoms with Gasteiger partial charge < -0.3 is 19.6 Å². The summed E-state index contributed by atoms with van der Waals surface area (Å²) in [5, 5.41) is 18.9. The summed E-state index contributed by atoms with van der Waals surface area (Å²) in [5.41, 5.74) is 1.55. The van der Waals surface area contributed by atoms with Crippen molar-refractivity contribution in [2.24, 2.45) is 0 Å². The number of rotatable bonds is 7. The van der Waals surface area contributed by atoms with E-state index in [1.165, 1.54) is 19.2 Å². The molecular weight excluding hydrogens is 364 g/mol. The molecule has 0 saturated carbocycles. The topological polar surface area (TPSA) is 130 Å². The Morgan fingerprint density at radius 1 is 1.32 bits per heavy atom. The smallest absolute Gasteiger partial charge is 0.264 e. The van der Waals surface area contributed by atoms with E-state index in [4.69, 9.17) is 9.15 Å². The molecule has 1 aromatic carbocycles. The summed E-state index contributed by atoms with van der Waals surface area (Å²) in [7, 11) is 1.47. The molecule has 0 radical (unpaired) electrons. The third-order valence-corrected chi connectivity index (χ3v) is 4.12. The molecule has 0 saturated heterocycles. The highest BCUT2D eigenvalue weighted by Gasteiger charge is 2.14. The van der Waals surface area contributed by atoms with Gasteiger partial charge in [0.1, 0.15) is 11.5 Å². The van der Waals surface area contributed by atoms with Gasteiger partial charge in [-0.05, 0) is 31.2 Å². The Bertz CT molecular complexity index is 1020. The van der Waals surface area contributed by atoms with Crippen LogP contribution in [0.3, 0.4) is 0 Å². The van der Waals surface area contributed by atoms with Gasteiger partial charge in [0, 0.05) is 24.5 Å². The second-order valence-corrected chi connectivity index (χ2v) is 6.10. The molecule has 0 atom stereocenters. The summed E-state index contributed by atoms with van der Waals surface area (Å²) in [5.74, 6) is 1.10. The lowest BCUT2D eigenvalue weighted by Crippen LogP contribution is -2.23. The third kappa shape index (κ3) is 4.56. The molecule has 146 valence electrons. The van der Waals surface area contributed by atoms with Gasteiger partial charge in [-0.3, -0.25) is 9.59 Å². The van der Waals surface area contributed by atoms with Crippen LogP contribution in [0.2, 0.25) is 0 Å². The number of H-pyrrole nitrogens is 1. The minimum atomic E-state index is -0.282. The number of carbonyl (C=O) groups excluding carboxylic acids is 1. The van der Waals surface area contributed by atoms with Gasteiger partial charge in [0.25, 0.3) is 5.56 Å². The summed E-state index contributed by atoms with van der Waals surface area (Å²) in [4.78, 5) is 27.4. The Kier molecular flexibility index (Phi) is 5.73. The number of phenols is 1. The number of aromatic nitrogens is 3. The SMILES string of the molecule is COc1ccc(-c2nc(CNC(=O)CCc3ccc(=O)[nH]n3)c(C)o2)cc1O. The van der Waals surface area contributed by atoms with Crippen molar-refractivity contribution in [2.45, 2.75) is 26.3 Å². The fraction of sp³-hybridized carbons (Fsp3) is 0.263. The van der Waals surface area contributed by atoms with Gasteiger partial charge in [-0.2, -0.15) is 5.10 Å². The summed E-state index contributed by atoms with van der Waals surface area (Å²) in [6, 6.07) is 7.81. The molecule has 3 aromatic rings. The molecule has 0 bridgehead atoms. The van der Waals surface area contributed by atoms with Crippen LogP contribution in [0.5, 0.6) is 11.5 Å². The van der Waals surface area contributed by atoms with Crippen LogP contribution in [0.4, 0.5) is 0 Å². The number of nitrogens with one attached hydrogen (secondary N) is 2. The van der Waals surface area contributed by atoms with Crippen LogP contribution >= 0.6 is 0 Å². The number of hydrogen-bond donors (Lipinski definition) is 3. The fourth-order valence-corrected chi connectivity index (χ4v) is 2.56. The first kappa shape index (κ1) is 19.2. The van der Waals surface area contributed by atoms with Crippen LogP contribution in [0.15, 0.2) is 39.5 Å². The van der Waals surface area contributed by atoms with Crippen molar-refractivity contribution < 1.29 is 19.1 Å². The summed E-state index contributed by atoms with van der Waals surface area (Å²) < 4.78 is 10.7. The zero-order valence-electron chi connectivity index (χ0n) is 15.5. The van der Waals surface area contributed by atoms with E-state index in [1.54, 1.807) is 25.1 Å². The molecule has 3 N–H and O–H groups in total. The fourth-order valence-electron chi connectivity index (χ4n) is 2.56. The third-order valence-electron chi connectivity index (χ3n) is 4.12. The van der Waals surface area contributed by atoms with Crippen LogP contribution in [0, 0.1) is 6.92 Å². The second-order valence-electron chi connectivity index (χ2n) is 6.10. The number of benzene rings is 1. The van der Waals surface area contributed by atoms with Crippen LogP contribution in [-0.2, 0) is 17.8 Å². The standard InChI is InChI=1S/C19H20N4O5/c1-11-14(10-20-17(25)7-4-13-5-8-18(26)23-22-13)21-19(28-11)12-3-6-16(27-2)15(24)9-12/h3,5-6,8-9,24H,4,7,10H2,1-2H3,(H,20,25)(H,23,26). The predicted octanol–water partition coefficient (Wildman–Crippen LogP) is 1.70. The highest BCUT2D eigenvalue weighted by molar-refractivity contribution is 5.76. The van der Waals surface area contributed by atoms with E-state index >= 15 is 0 Å². The molecule has 0 spiro atoms. The van der Waals surface area contributed by atoms with E-state index < -0.39 is 0 Å². The van der Waals surface area contributed by atoms with Gasteiger partial charge in [-0.15, -0.1) is 0 Å². The van der Waals surface area contributed by atoms with Crippen molar-refractivity contribution in [1.29, 1.82) is 0 Å². The van der Waals surface area contributed by atoms with Crippen LogP contribution < -0.4 is 15.6 Å². The Hall–Kier alpha value is -3.62. The van der Waals surface area contributed by atoms with Crippen molar-refractivity contribution in [3.8, 4) is 23.0 Å². The number of phenolic OH excluding ortho intramolecular Hbond substituents is 1. The molecule has 0 fully saturated rings. The lowest BCUT2D eigenvalue weighted by molar-refractivity contribution is -0.121. The number of amides is 1. The Balaban J connectivity index is 1.59. The molecule has 1 amide bonds. The van der Waals surface area contributed by atoms with Gasteiger partial charge in [0.05, 0.1) is 19.3 Å². The molecule has 0 aliphatic heterocycles. The maximum absolute atomic E-state index is 12.0. The van der Waals surface area contributed by atoms with Crippen LogP contribution in [0.25, 0.3) is 11.5 Å². The van der Waals surface area contributed by atoms with E-state index in [1.807, 2.05) is 0 Å². The number of methoxy groups -OCH3 is 1. The van der Waals surface area contributed by atoms with Crippen molar-refractivity contribution in [2.75, 3.05) is 7.11 Å². The molecular formula is C19H20N4O5. The van der Waals surface area contributed by atoms with Crippen LogP contribution in [-0.4, -0.2) is 33.3 Å². The molecule has 0 aliphatic carbocycles. The van der Waals surface area contributed by atoms with Crippen molar-refractivity contribution in [3.05, 3.63) is 57.8 Å². The Morgan fingerprint density at radius 3 is 2.82 bits per heavy atom. The summed E-state index contributed by atoms with van der Waals surface area (Å²) >= 11 is 0. The largest absolute Gasteiger partial charge is 0.504 e. The second kappa shape index (κ2) is 8.38. The molecule has 2 heterocycles. The number of carbonyl (C=O) groups is 1. The first-order chi connectivity index (χ1) is 13.5. The lowest BCUT2D eigenvalue weighted by atomic mass is 10.2. The normalized spacial score (nSPS) is 10.6. The number of aryl methyl sites for hydroxylation is 2. The van der Waals surface area contributed by atoms with E-state index in [0.717, 1.165) is 0 Å². The average Bonchev–Trinajstić information content (AvgIpc) is 3.06. The van der Waals surface area contributed by atoms with Crippen molar-refractivity contribution >= 4 is 5.91 Å². The van der Waals surface area contributed by atoms with E-state index in [2.05, 4.69) is 20.5 Å². The quantitative estimate of drug-likeness (QED) is 0.565. The van der Waals surface area contributed by atoms with Gasteiger partial charge >= 0.3 is 0 Å². The highest BCUT2D eigenvalue weighted by Crippen LogP contribution is 2.31. The molecule has 0 unspecified atom stereocenters. The van der Waals surface area contributed by atoms with Gasteiger partial charge in [0.15, 0.2) is 11.5 Å². The Labute approximate surface area is 160 Å². The summed E-state index contributed by atoms with van der Waals surface area (Å²) in [6.07, 6.45) is 0.645. The summed E-state index contributed by atoms with van der Waals surface area (Å²) in [6.45, 7) is 1.97. The van der Waals surface area contributed by atoms with E-state index in [-0.39, 0.29) is 30.2 Å². The van der Waals surface area contributed by atoms with E-state index in [9.17, 15) is 14.7 Å². The first-order valence-electron chi connectivity index (χ1n) is 8.61. The molecule has 2 aromatic heterocycles. The zero-order chi connectivity index (χ0) is 20.1. The van der Waals surface area contributed by atoms with Gasteiger partial charge in [0.2, 0.25) is 11.8 Å². The molecule has 9 heteroatoms. The average molecular weight is 384 g/mol.